The van der Waals surface area contributed by atoms with E-state index in [1.807, 2.05) is 0 Å². The van der Waals surface area contributed by atoms with Gasteiger partial charge in [-0.15, -0.1) is 0 Å². The second-order valence-electron chi connectivity index (χ2n) is 6.93. The Hall–Kier alpha value is 0. The number of hydrogen-bond acceptors (Lipinski definition) is 0. The molecule has 1 unspecified atom stereocenters. The zero-order chi connectivity index (χ0) is 15.1. The smallest absolute Gasteiger partial charge is 0.0300 e. The fraction of sp³-hybridized carbons (Fsp3) is 1.00. The van der Waals surface area contributed by atoms with Crippen LogP contribution < -0.4 is 0 Å². The summed E-state index contributed by atoms with van der Waals surface area (Å²) in [4.78, 5) is 0. The minimum Gasteiger partial charge on any atom is -0.0654 e. The third kappa shape index (κ3) is 9.83. The van der Waals surface area contributed by atoms with Crippen LogP contribution in [0.3, 0.4) is 0 Å². The third-order valence-electron chi connectivity index (χ3n) is 5.18. The largest absolute Gasteiger partial charge is 0.0654 e. The standard InChI is InChI=1S/C20H42/c1-5-9-12-13-14-16-19-20(8-4,17-11-7-3)18-15-10-6-2/h5-19H2,1-4H3. The summed E-state index contributed by atoms with van der Waals surface area (Å²) >= 11 is 0. The van der Waals surface area contributed by atoms with Crippen molar-refractivity contribution in [3.05, 3.63) is 0 Å². The molecule has 0 spiro atoms. The molecule has 0 amide bonds. The summed E-state index contributed by atoms with van der Waals surface area (Å²) in [5, 5.41) is 0. The van der Waals surface area contributed by atoms with E-state index in [0.717, 1.165) is 0 Å². The monoisotopic (exact) mass is 282 g/mol. The predicted molar refractivity (Wildman–Crippen MR) is 94.4 cm³/mol. The van der Waals surface area contributed by atoms with Crippen molar-refractivity contribution in [2.24, 2.45) is 5.41 Å². The summed E-state index contributed by atoms with van der Waals surface area (Å²) in [7, 11) is 0. The van der Waals surface area contributed by atoms with Crippen LogP contribution in [0.15, 0.2) is 0 Å². The molecule has 0 nitrogen and oxygen atoms in total. The van der Waals surface area contributed by atoms with Crippen molar-refractivity contribution < 1.29 is 0 Å². The van der Waals surface area contributed by atoms with Crippen LogP contribution in [0, 0.1) is 5.41 Å². The van der Waals surface area contributed by atoms with Gasteiger partial charge >= 0.3 is 0 Å². The first kappa shape index (κ1) is 20.0. The number of hydrogen-bond donors (Lipinski definition) is 0. The lowest BCUT2D eigenvalue weighted by Crippen LogP contribution is -2.20. The minimum absolute atomic E-state index is 0.690. The van der Waals surface area contributed by atoms with Gasteiger partial charge in [0.1, 0.15) is 0 Å². The van der Waals surface area contributed by atoms with Gasteiger partial charge in [0.15, 0.2) is 0 Å². The van der Waals surface area contributed by atoms with Crippen LogP contribution >= 0.6 is 0 Å². The average molecular weight is 283 g/mol. The van der Waals surface area contributed by atoms with E-state index in [9.17, 15) is 0 Å². The van der Waals surface area contributed by atoms with Crippen LogP contribution in [-0.4, -0.2) is 0 Å². The lowest BCUT2D eigenvalue weighted by molar-refractivity contribution is 0.188. The Bertz CT molecular complexity index is 184. The van der Waals surface area contributed by atoms with Crippen molar-refractivity contribution in [3.63, 3.8) is 0 Å². The van der Waals surface area contributed by atoms with Gasteiger partial charge in [-0.2, -0.15) is 0 Å². The lowest BCUT2D eigenvalue weighted by Gasteiger charge is -2.33. The van der Waals surface area contributed by atoms with E-state index in [4.69, 9.17) is 0 Å². The normalized spacial score (nSPS) is 14.4. The van der Waals surface area contributed by atoms with Crippen LogP contribution in [0.2, 0.25) is 0 Å². The van der Waals surface area contributed by atoms with E-state index < -0.39 is 0 Å². The molecule has 0 fully saturated rings. The zero-order valence-corrected chi connectivity index (χ0v) is 15.1. The van der Waals surface area contributed by atoms with Gasteiger partial charge in [-0.25, -0.2) is 0 Å². The van der Waals surface area contributed by atoms with Gasteiger partial charge in [-0.1, -0.05) is 105 Å². The Balaban J connectivity index is 4.06. The van der Waals surface area contributed by atoms with Gasteiger partial charge in [0, 0.05) is 0 Å². The Morgan fingerprint density at radius 2 is 0.850 bits per heavy atom. The van der Waals surface area contributed by atoms with Crippen LogP contribution in [0.4, 0.5) is 0 Å². The highest BCUT2D eigenvalue weighted by molar-refractivity contribution is 4.78. The second-order valence-corrected chi connectivity index (χ2v) is 6.93. The van der Waals surface area contributed by atoms with Crippen molar-refractivity contribution in [3.8, 4) is 0 Å². The number of unbranched alkanes of at least 4 members (excludes halogenated alkanes) is 8. The molecule has 20 heavy (non-hydrogen) atoms. The van der Waals surface area contributed by atoms with Gasteiger partial charge < -0.3 is 0 Å². The van der Waals surface area contributed by atoms with E-state index >= 15 is 0 Å². The molecule has 0 aliphatic heterocycles. The highest BCUT2D eigenvalue weighted by Crippen LogP contribution is 2.40. The molecule has 0 rings (SSSR count). The molecule has 0 aromatic carbocycles. The first-order chi connectivity index (χ1) is 9.74. The maximum absolute atomic E-state index is 2.44. The van der Waals surface area contributed by atoms with Crippen LogP contribution in [0.5, 0.6) is 0 Å². The molecule has 122 valence electrons. The topological polar surface area (TPSA) is 0 Å². The molecule has 0 N–H and O–H groups in total. The van der Waals surface area contributed by atoms with Crippen LogP contribution in [-0.2, 0) is 0 Å². The minimum atomic E-state index is 0.690. The summed E-state index contributed by atoms with van der Waals surface area (Å²) in [6.07, 6.45) is 21.6. The van der Waals surface area contributed by atoms with E-state index in [0.29, 0.717) is 5.41 Å². The quantitative estimate of drug-likeness (QED) is 0.268. The highest BCUT2D eigenvalue weighted by atomic mass is 14.3. The van der Waals surface area contributed by atoms with E-state index in [1.165, 1.54) is 96.3 Å². The highest BCUT2D eigenvalue weighted by Gasteiger charge is 2.26. The molecule has 0 heteroatoms. The molecule has 0 aromatic rings. The van der Waals surface area contributed by atoms with Crippen molar-refractivity contribution in [2.75, 3.05) is 0 Å². The molecule has 0 radical (unpaired) electrons. The van der Waals surface area contributed by atoms with Crippen molar-refractivity contribution in [1.82, 2.24) is 0 Å². The van der Waals surface area contributed by atoms with E-state index in [1.54, 1.807) is 0 Å². The average Bonchev–Trinajstić information content (AvgIpc) is 2.48. The summed E-state index contributed by atoms with van der Waals surface area (Å²) in [5.74, 6) is 0. The molecule has 0 aliphatic rings. The molecule has 0 saturated carbocycles. The van der Waals surface area contributed by atoms with Crippen molar-refractivity contribution in [1.29, 1.82) is 0 Å². The van der Waals surface area contributed by atoms with Crippen LogP contribution in [0.25, 0.3) is 0 Å². The Morgan fingerprint density at radius 3 is 1.40 bits per heavy atom. The molecule has 1 atom stereocenters. The summed E-state index contributed by atoms with van der Waals surface area (Å²) in [6, 6.07) is 0. The zero-order valence-electron chi connectivity index (χ0n) is 15.1. The van der Waals surface area contributed by atoms with Gasteiger partial charge in [0.05, 0.1) is 0 Å². The second kappa shape index (κ2) is 14.0. The SMILES string of the molecule is CCCCCCCCC(CC)(CCCC)CCCCC. The fourth-order valence-electron chi connectivity index (χ4n) is 3.49. The maximum atomic E-state index is 2.44. The van der Waals surface area contributed by atoms with E-state index in [2.05, 4.69) is 27.7 Å². The maximum Gasteiger partial charge on any atom is -0.0300 e. The van der Waals surface area contributed by atoms with Gasteiger partial charge in [0.25, 0.3) is 0 Å². The molecular weight excluding hydrogens is 240 g/mol. The molecule has 0 heterocycles. The molecule has 0 saturated heterocycles. The first-order valence-corrected chi connectivity index (χ1v) is 9.74. The molecular formula is C20H42. The first-order valence-electron chi connectivity index (χ1n) is 9.74. The summed E-state index contributed by atoms with van der Waals surface area (Å²) in [6.45, 7) is 9.42. The Labute approximate surface area is 130 Å². The summed E-state index contributed by atoms with van der Waals surface area (Å²) < 4.78 is 0. The molecule has 0 aromatic heterocycles. The van der Waals surface area contributed by atoms with Gasteiger partial charge in [0.2, 0.25) is 0 Å². The van der Waals surface area contributed by atoms with Crippen LogP contribution in [0.1, 0.15) is 124 Å². The molecule has 0 aliphatic carbocycles. The van der Waals surface area contributed by atoms with E-state index in [-0.39, 0.29) is 0 Å². The van der Waals surface area contributed by atoms with Crippen molar-refractivity contribution >= 4 is 0 Å². The van der Waals surface area contributed by atoms with Gasteiger partial charge in [-0.05, 0) is 24.7 Å². The van der Waals surface area contributed by atoms with Crippen molar-refractivity contribution in [2.45, 2.75) is 124 Å². The lowest BCUT2D eigenvalue weighted by atomic mass is 9.72. The predicted octanol–water partition coefficient (Wildman–Crippen LogP) is 7.90. The third-order valence-corrected chi connectivity index (χ3v) is 5.18. The summed E-state index contributed by atoms with van der Waals surface area (Å²) in [5.41, 5.74) is 0.690. The Kier molecular flexibility index (Phi) is 14.0. The number of rotatable bonds is 15. The fourth-order valence-corrected chi connectivity index (χ4v) is 3.49. The Morgan fingerprint density at radius 1 is 0.450 bits per heavy atom. The molecule has 0 bridgehead atoms. The van der Waals surface area contributed by atoms with Gasteiger partial charge in [-0.3, -0.25) is 0 Å².